The van der Waals surface area contributed by atoms with Gasteiger partial charge in [-0.05, 0) is 148 Å². The van der Waals surface area contributed by atoms with Gasteiger partial charge in [0, 0.05) is 25.7 Å². The van der Waals surface area contributed by atoms with Crippen LogP contribution < -0.4 is 0 Å². The molecule has 0 aliphatic rings. The number of aliphatic hydroxyl groups is 1. The molecule has 3 N–H and O–H groups in total. The molecule has 0 spiro atoms. The van der Waals surface area contributed by atoms with Gasteiger partial charge in [0.25, 0.3) is 0 Å². The molecule has 0 bridgehead atoms. The van der Waals surface area contributed by atoms with Crippen molar-refractivity contribution in [1.29, 1.82) is 0 Å². The van der Waals surface area contributed by atoms with Gasteiger partial charge in [-0.15, -0.1) is 0 Å². The van der Waals surface area contributed by atoms with Crippen molar-refractivity contribution in [3.8, 4) is 0 Å². The van der Waals surface area contributed by atoms with E-state index in [0.717, 1.165) is 173 Å². The average Bonchev–Trinajstić information content (AvgIpc) is 0.939. The van der Waals surface area contributed by atoms with Crippen LogP contribution in [0.2, 0.25) is 0 Å². The Hall–Kier alpha value is -4.54. The van der Waals surface area contributed by atoms with Crippen LogP contribution in [0.25, 0.3) is 0 Å². The summed E-state index contributed by atoms with van der Waals surface area (Å²) in [5, 5.41) is 10.6. The highest BCUT2D eigenvalue weighted by atomic mass is 31.2. The van der Waals surface area contributed by atoms with Gasteiger partial charge in [0.05, 0.1) is 26.4 Å². The molecule has 0 saturated heterocycles. The summed E-state index contributed by atoms with van der Waals surface area (Å²) in [7, 11) is -9.98. The van der Waals surface area contributed by atoms with E-state index >= 15 is 0 Å². The minimum absolute atomic E-state index is 0.0713. The highest BCUT2D eigenvalue weighted by Crippen LogP contribution is 2.45. The summed E-state index contributed by atoms with van der Waals surface area (Å²) in [5.41, 5.74) is 0. The van der Waals surface area contributed by atoms with Gasteiger partial charge in [0.15, 0.2) is 12.2 Å². The van der Waals surface area contributed by atoms with E-state index in [-0.39, 0.29) is 25.7 Å². The fourth-order valence-electron chi connectivity index (χ4n) is 10.4. The zero-order valence-electron chi connectivity index (χ0n) is 64.0. The third kappa shape index (κ3) is 73.8. The predicted octanol–water partition coefficient (Wildman–Crippen LogP) is 23.1. The molecule has 5 atom stereocenters. The number of ether oxygens (including phenoxy) is 4. The molecule has 0 aliphatic heterocycles. The van der Waals surface area contributed by atoms with Gasteiger partial charge >= 0.3 is 39.5 Å². The van der Waals surface area contributed by atoms with Gasteiger partial charge < -0.3 is 33.8 Å². The molecule has 0 rings (SSSR count). The molecule has 0 saturated carbocycles. The molecule has 586 valence electrons. The van der Waals surface area contributed by atoms with Crippen LogP contribution in [-0.2, 0) is 65.4 Å². The zero-order valence-corrected chi connectivity index (χ0v) is 65.8. The van der Waals surface area contributed by atoms with E-state index in [1.165, 1.54) is 64.2 Å². The Labute approximate surface area is 619 Å². The van der Waals surface area contributed by atoms with E-state index in [4.69, 9.17) is 37.0 Å². The zero-order chi connectivity index (χ0) is 74.6. The maximum absolute atomic E-state index is 13.1. The van der Waals surface area contributed by atoms with Crippen molar-refractivity contribution in [2.75, 3.05) is 39.6 Å². The lowest BCUT2D eigenvalue weighted by molar-refractivity contribution is -0.161. The van der Waals surface area contributed by atoms with Gasteiger partial charge in [0.1, 0.15) is 19.3 Å². The fraction of sp³-hybridized carbons (Fsp3) is 0.711. The highest BCUT2D eigenvalue weighted by molar-refractivity contribution is 7.47. The summed E-state index contributed by atoms with van der Waals surface area (Å²) in [5.74, 6) is -2.26. The number of phosphoric acid groups is 2. The van der Waals surface area contributed by atoms with Crippen molar-refractivity contribution < 1.29 is 80.2 Å². The second-order valence-electron chi connectivity index (χ2n) is 26.2. The molecular weight excluding hydrogens is 1330 g/mol. The first-order valence-electron chi connectivity index (χ1n) is 39.8. The Kier molecular flexibility index (Phi) is 71.4. The summed E-state index contributed by atoms with van der Waals surface area (Å²) in [4.78, 5) is 73.0. The standard InChI is InChI=1S/C83H142O17P2/c1-5-9-13-17-21-25-29-33-36-38-41-44-47-51-55-59-63-67-80(85)93-73-78(99-82(87)69-65-61-57-53-49-43-32-28-24-20-16-12-8-4)75-97-101(89,90)95-71-77(84)72-96-102(91,92)98-76-79(100-83(88)70-66-62-58-54-50-46-40-35-31-27-23-19-15-11-7-3)74-94-81(86)68-64-60-56-52-48-45-42-39-37-34-30-26-22-18-14-10-6-2/h9-10,13-14,21-22,25-26,28,32-37,40,42,45,52,56,77-79,84H,5-8,11-12,15-20,23-24,27,29-31,38-39,41,43-44,46-51,53-55,57-76H2,1-4H3,(H,89,90)(H,91,92)/b13-9-,14-10-,25-21-,26-22-,32-28-,36-33-,37-34-,40-35-,45-42-,56-52-. The third-order valence-corrected chi connectivity index (χ3v) is 18.3. The third-order valence-electron chi connectivity index (χ3n) is 16.4. The Morgan fingerprint density at radius 1 is 0.284 bits per heavy atom. The number of carbonyl (C=O) groups is 4. The normalized spacial score (nSPS) is 14.5. The first kappa shape index (κ1) is 97.5. The lowest BCUT2D eigenvalue weighted by Crippen LogP contribution is -2.30. The molecular formula is C83H142O17P2. The quantitative estimate of drug-likeness (QED) is 0.0169. The molecule has 0 heterocycles. The molecule has 0 aliphatic carbocycles. The van der Waals surface area contributed by atoms with Crippen LogP contribution in [0.5, 0.6) is 0 Å². The summed E-state index contributed by atoms with van der Waals surface area (Å²) >= 11 is 0. The van der Waals surface area contributed by atoms with Gasteiger partial charge in [-0.25, -0.2) is 9.13 Å². The van der Waals surface area contributed by atoms with Gasteiger partial charge in [0.2, 0.25) is 0 Å². The van der Waals surface area contributed by atoms with Gasteiger partial charge in [-0.1, -0.05) is 271 Å². The lowest BCUT2D eigenvalue weighted by Gasteiger charge is -2.21. The number of esters is 4. The molecule has 19 heteroatoms. The number of rotatable bonds is 74. The number of phosphoric ester groups is 2. The smallest absolute Gasteiger partial charge is 0.462 e. The van der Waals surface area contributed by atoms with Crippen molar-refractivity contribution in [3.05, 3.63) is 122 Å². The summed E-state index contributed by atoms with van der Waals surface area (Å²) in [6.45, 7) is 4.56. The molecule has 102 heavy (non-hydrogen) atoms. The number of aliphatic hydroxyl groups excluding tert-OH is 1. The Morgan fingerprint density at radius 3 is 0.843 bits per heavy atom. The Balaban J connectivity index is 5.41. The number of carbonyl (C=O) groups excluding carboxylic acids is 4. The molecule has 0 amide bonds. The molecule has 0 radical (unpaired) electrons. The SMILES string of the molecule is CC/C=C\C/C=C\C/C=C\C/C=C\C/C=C\CCCC(=O)OCC(COP(=O)(O)OCC(O)COP(=O)(O)OCC(COC(=O)CCCCCCCCC/C=C\C/C=C\C/C=C\CC)OC(=O)CCCCCCC/C=C\CCCCCC)OC(=O)CCCCCCC/C=C\CCCCCCCC. The number of hydrogen-bond acceptors (Lipinski definition) is 15. The molecule has 0 fully saturated rings. The molecule has 0 aromatic heterocycles. The van der Waals surface area contributed by atoms with E-state index in [9.17, 15) is 43.2 Å². The van der Waals surface area contributed by atoms with E-state index in [0.29, 0.717) is 32.1 Å². The molecule has 0 aromatic carbocycles. The second kappa shape index (κ2) is 74.7. The second-order valence-corrected chi connectivity index (χ2v) is 29.1. The van der Waals surface area contributed by atoms with Crippen molar-refractivity contribution in [2.45, 2.75) is 341 Å². The average molecular weight is 1470 g/mol. The largest absolute Gasteiger partial charge is 0.472 e. The van der Waals surface area contributed by atoms with E-state index < -0.39 is 97.5 Å². The Morgan fingerprint density at radius 2 is 0.520 bits per heavy atom. The van der Waals surface area contributed by atoms with Crippen molar-refractivity contribution >= 4 is 39.5 Å². The maximum Gasteiger partial charge on any atom is 0.472 e. The topological polar surface area (TPSA) is 237 Å². The number of unbranched alkanes of at least 4 members (excludes halogenated alkanes) is 28. The lowest BCUT2D eigenvalue weighted by atomic mass is 10.1. The summed E-state index contributed by atoms with van der Waals surface area (Å²) < 4.78 is 68.5. The summed E-state index contributed by atoms with van der Waals surface area (Å²) in [6.07, 6.45) is 81.8. The van der Waals surface area contributed by atoms with Crippen molar-refractivity contribution in [1.82, 2.24) is 0 Å². The number of allylic oxidation sites excluding steroid dienone is 20. The first-order valence-corrected chi connectivity index (χ1v) is 42.8. The van der Waals surface area contributed by atoms with Crippen LogP contribution in [0, 0.1) is 0 Å². The number of hydrogen-bond donors (Lipinski definition) is 3. The minimum Gasteiger partial charge on any atom is -0.462 e. The van der Waals surface area contributed by atoms with Crippen LogP contribution in [-0.4, -0.2) is 96.7 Å². The van der Waals surface area contributed by atoms with E-state index in [1.807, 2.05) is 12.2 Å². The van der Waals surface area contributed by atoms with Crippen LogP contribution in [0.4, 0.5) is 0 Å². The first-order chi connectivity index (χ1) is 49.7. The van der Waals surface area contributed by atoms with Crippen LogP contribution in [0.15, 0.2) is 122 Å². The van der Waals surface area contributed by atoms with Gasteiger partial charge in [-0.3, -0.25) is 37.3 Å². The molecule has 17 nitrogen and oxygen atoms in total. The predicted molar refractivity (Wildman–Crippen MR) is 418 cm³/mol. The van der Waals surface area contributed by atoms with E-state index in [2.05, 4.69) is 137 Å². The fourth-order valence-corrected chi connectivity index (χ4v) is 12.0. The van der Waals surface area contributed by atoms with Crippen molar-refractivity contribution in [2.24, 2.45) is 0 Å². The highest BCUT2D eigenvalue weighted by Gasteiger charge is 2.30. The Bertz CT molecular complexity index is 2410. The van der Waals surface area contributed by atoms with Crippen LogP contribution in [0.1, 0.15) is 323 Å². The van der Waals surface area contributed by atoms with Crippen molar-refractivity contribution in [3.63, 3.8) is 0 Å². The van der Waals surface area contributed by atoms with Crippen LogP contribution in [0.3, 0.4) is 0 Å². The summed E-state index contributed by atoms with van der Waals surface area (Å²) in [6, 6.07) is 0. The van der Waals surface area contributed by atoms with Crippen LogP contribution >= 0.6 is 15.6 Å². The minimum atomic E-state index is -4.99. The van der Waals surface area contributed by atoms with E-state index in [1.54, 1.807) is 0 Å². The monoisotopic (exact) mass is 1470 g/mol. The molecule has 5 unspecified atom stereocenters. The maximum atomic E-state index is 13.1. The van der Waals surface area contributed by atoms with Gasteiger partial charge in [-0.2, -0.15) is 0 Å². The molecule has 0 aromatic rings.